The van der Waals surface area contributed by atoms with Crippen LogP contribution in [0.15, 0.2) is 61.2 Å². The second kappa shape index (κ2) is 8.59. The van der Waals surface area contributed by atoms with Gasteiger partial charge in [0.15, 0.2) is 6.04 Å². The normalized spacial score (nSPS) is 19.4. The lowest BCUT2D eigenvalue weighted by Gasteiger charge is -2.32. The summed E-state index contributed by atoms with van der Waals surface area (Å²) >= 11 is 0. The highest BCUT2D eigenvalue weighted by Gasteiger charge is 2.52. The summed E-state index contributed by atoms with van der Waals surface area (Å²) in [6.07, 6.45) is 1.65. The van der Waals surface area contributed by atoms with Crippen molar-refractivity contribution in [1.29, 1.82) is 0 Å². The number of hydrogen-bond acceptors (Lipinski definition) is 5. The van der Waals surface area contributed by atoms with Crippen molar-refractivity contribution in [3.63, 3.8) is 0 Å². The molecule has 1 unspecified atom stereocenters. The highest BCUT2D eigenvalue weighted by atomic mass is 16.7. The summed E-state index contributed by atoms with van der Waals surface area (Å²) in [6.45, 7) is 6.55. The molecule has 0 spiro atoms. The number of urea groups is 1. The zero-order chi connectivity index (χ0) is 21.1. The van der Waals surface area contributed by atoms with Gasteiger partial charge in [-0.25, -0.2) is 9.59 Å². The molecule has 7 nitrogen and oxygen atoms in total. The van der Waals surface area contributed by atoms with Gasteiger partial charge >= 0.3 is 12.0 Å². The quantitative estimate of drug-likeness (QED) is 0.491. The third-order valence-electron chi connectivity index (χ3n) is 5.21. The summed E-state index contributed by atoms with van der Waals surface area (Å²) in [5.41, 5.74) is 2.41. The number of hydroxylamine groups is 2. The van der Waals surface area contributed by atoms with Crippen LogP contribution in [0.5, 0.6) is 5.75 Å². The first-order valence-electron chi connectivity index (χ1n) is 9.95. The number of amides is 2. The van der Waals surface area contributed by atoms with Gasteiger partial charge in [0.2, 0.25) is 0 Å². The van der Waals surface area contributed by atoms with Crippen molar-refractivity contribution in [2.24, 2.45) is 0 Å². The van der Waals surface area contributed by atoms with Gasteiger partial charge in [0.05, 0.1) is 13.2 Å². The monoisotopic (exact) mass is 408 g/mol. The second-order valence-electron chi connectivity index (χ2n) is 7.05. The van der Waals surface area contributed by atoms with Gasteiger partial charge in [0.25, 0.3) is 0 Å². The molecule has 4 rings (SSSR count). The first kappa shape index (κ1) is 20.0. The maximum Gasteiger partial charge on any atom is 0.345 e. The molecule has 7 heteroatoms. The Morgan fingerprint density at radius 2 is 2.00 bits per heavy atom. The van der Waals surface area contributed by atoms with E-state index in [1.807, 2.05) is 48.5 Å². The number of fused-ring (bicyclic) bond motifs is 4. The van der Waals surface area contributed by atoms with E-state index in [0.29, 0.717) is 24.5 Å². The number of hydrogen-bond donors (Lipinski definition) is 0. The Balaban J connectivity index is 1.71. The summed E-state index contributed by atoms with van der Waals surface area (Å²) in [5.74, 6) is 0.144. The van der Waals surface area contributed by atoms with Crippen molar-refractivity contribution in [3.8, 4) is 5.75 Å². The number of nitrogens with zero attached hydrogens (tertiary/aromatic N) is 2. The average molecular weight is 408 g/mol. The van der Waals surface area contributed by atoms with Crippen molar-refractivity contribution in [3.05, 3.63) is 77.9 Å². The molecule has 2 amide bonds. The van der Waals surface area contributed by atoms with Crippen LogP contribution in [0.3, 0.4) is 0 Å². The fourth-order valence-corrected chi connectivity index (χ4v) is 3.96. The Morgan fingerprint density at radius 1 is 1.20 bits per heavy atom. The number of carbonyl (C=O) groups is 2. The molecule has 156 valence electrons. The summed E-state index contributed by atoms with van der Waals surface area (Å²) in [5, 5.41) is 1.35. The van der Waals surface area contributed by atoms with E-state index in [1.54, 1.807) is 13.0 Å². The van der Waals surface area contributed by atoms with Crippen LogP contribution in [0.1, 0.15) is 35.7 Å². The summed E-state index contributed by atoms with van der Waals surface area (Å²) in [4.78, 5) is 33.4. The summed E-state index contributed by atoms with van der Waals surface area (Å²) in [6, 6.07) is 13.5. The Bertz CT molecular complexity index is 946. The Kier molecular flexibility index (Phi) is 5.72. The average Bonchev–Trinajstić information content (AvgIpc) is 3.03. The van der Waals surface area contributed by atoms with Crippen LogP contribution < -0.4 is 4.74 Å². The second-order valence-corrected chi connectivity index (χ2v) is 7.05. The van der Waals surface area contributed by atoms with Crippen LogP contribution in [0.4, 0.5) is 4.79 Å². The molecule has 0 aliphatic carbocycles. The standard InChI is InChI=1S/C23H24N2O5/c1-3-13-29-19-12-8-11-17-20(19)18-14-24(21(17)22(26)28-4-2)23(27)25(18)30-15-16-9-6-5-7-10-16/h3,5-12,18,21H,1,4,13-15H2,2H3/t18-,21?/m1/s1. The molecule has 2 aromatic carbocycles. The van der Waals surface area contributed by atoms with E-state index in [-0.39, 0.29) is 25.3 Å². The van der Waals surface area contributed by atoms with E-state index in [9.17, 15) is 9.59 Å². The molecule has 0 aromatic heterocycles. The van der Waals surface area contributed by atoms with Crippen molar-refractivity contribution >= 4 is 12.0 Å². The smallest absolute Gasteiger partial charge is 0.345 e. The third kappa shape index (κ3) is 3.52. The van der Waals surface area contributed by atoms with E-state index in [1.165, 1.54) is 9.96 Å². The zero-order valence-corrected chi connectivity index (χ0v) is 16.8. The lowest BCUT2D eigenvalue weighted by Crippen LogP contribution is -2.39. The fraction of sp³-hybridized carbons (Fsp3) is 0.304. The van der Waals surface area contributed by atoms with E-state index in [2.05, 4.69) is 6.58 Å². The number of benzene rings is 2. The van der Waals surface area contributed by atoms with Crippen LogP contribution in [0.25, 0.3) is 0 Å². The third-order valence-corrected chi connectivity index (χ3v) is 5.21. The molecule has 1 saturated heterocycles. The van der Waals surface area contributed by atoms with Crippen molar-refractivity contribution in [2.45, 2.75) is 25.6 Å². The Morgan fingerprint density at radius 3 is 2.73 bits per heavy atom. The molecule has 2 atom stereocenters. The van der Waals surface area contributed by atoms with Gasteiger partial charge in [-0.15, -0.1) is 0 Å². The van der Waals surface area contributed by atoms with E-state index in [4.69, 9.17) is 14.3 Å². The number of carbonyl (C=O) groups excluding carboxylic acids is 2. The lowest BCUT2D eigenvalue weighted by atomic mass is 9.90. The van der Waals surface area contributed by atoms with Crippen LogP contribution in [0.2, 0.25) is 0 Å². The molecule has 0 saturated carbocycles. The van der Waals surface area contributed by atoms with Gasteiger partial charge in [-0.1, -0.05) is 55.1 Å². The molecule has 2 bridgehead atoms. The SMILES string of the molecule is C=CCOc1cccc2c1[C@H]1CN(C(=O)N1OCc1ccccc1)C2C(=O)OCC. The minimum absolute atomic E-state index is 0.233. The minimum atomic E-state index is -0.832. The van der Waals surface area contributed by atoms with Gasteiger partial charge < -0.3 is 14.4 Å². The molecular weight excluding hydrogens is 384 g/mol. The summed E-state index contributed by atoms with van der Waals surface area (Å²) < 4.78 is 11.1. The predicted molar refractivity (Wildman–Crippen MR) is 109 cm³/mol. The van der Waals surface area contributed by atoms with Gasteiger partial charge in [0.1, 0.15) is 25.0 Å². The molecule has 2 heterocycles. The van der Waals surface area contributed by atoms with Crippen molar-refractivity contribution < 1.29 is 23.9 Å². The zero-order valence-electron chi connectivity index (χ0n) is 16.8. The maximum atomic E-state index is 13.2. The molecule has 2 aliphatic heterocycles. The molecule has 2 aliphatic rings. The van der Waals surface area contributed by atoms with Gasteiger partial charge in [-0.2, -0.15) is 5.06 Å². The van der Waals surface area contributed by atoms with Crippen LogP contribution in [-0.4, -0.2) is 41.7 Å². The first-order chi connectivity index (χ1) is 14.7. The topological polar surface area (TPSA) is 68.3 Å². The van der Waals surface area contributed by atoms with E-state index in [0.717, 1.165) is 11.1 Å². The molecule has 1 fully saturated rings. The van der Waals surface area contributed by atoms with Gasteiger partial charge in [-0.05, 0) is 24.1 Å². The molecular formula is C23H24N2O5. The highest BCUT2D eigenvalue weighted by Crippen LogP contribution is 2.48. The Labute approximate surface area is 175 Å². The highest BCUT2D eigenvalue weighted by molar-refractivity contribution is 5.88. The Hall–Kier alpha value is -3.32. The molecule has 30 heavy (non-hydrogen) atoms. The number of rotatable bonds is 8. The molecule has 0 N–H and O–H groups in total. The number of ether oxygens (including phenoxy) is 2. The summed E-state index contributed by atoms with van der Waals surface area (Å²) in [7, 11) is 0. The van der Waals surface area contributed by atoms with Gasteiger partial charge in [0, 0.05) is 5.56 Å². The minimum Gasteiger partial charge on any atom is -0.489 e. The van der Waals surface area contributed by atoms with Crippen LogP contribution in [-0.2, 0) is 21.0 Å². The van der Waals surface area contributed by atoms with E-state index >= 15 is 0 Å². The van der Waals surface area contributed by atoms with Crippen molar-refractivity contribution in [1.82, 2.24) is 9.96 Å². The maximum absolute atomic E-state index is 13.2. The molecule has 0 radical (unpaired) electrons. The van der Waals surface area contributed by atoms with Gasteiger partial charge in [-0.3, -0.25) is 4.84 Å². The largest absolute Gasteiger partial charge is 0.489 e. The fourth-order valence-electron chi connectivity index (χ4n) is 3.96. The number of esters is 1. The van der Waals surface area contributed by atoms with Crippen LogP contribution >= 0.6 is 0 Å². The first-order valence-corrected chi connectivity index (χ1v) is 9.95. The van der Waals surface area contributed by atoms with Crippen molar-refractivity contribution in [2.75, 3.05) is 19.8 Å². The predicted octanol–water partition coefficient (Wildman–Crippen LogP) is 3.78. The lowest BCUT2D eigenvalue weighted by molar-refractivity contribution is -0.149. The molecule has 2 aromatic rings. The van der Waals surface area contributed by atoms with E-state index < -0.39 is 12.0 Å². The van der Waals surface area contributed by atoms with Crippen LogP contribution in [0, 0.1) is 0 Å².